The molecule has 0 radical (unpaired) electrons. The lowest BCUT2D eigenvalue weighted by Gasteiger charge is -2.24. The van der Waals surface area contributed by atoms with Gasteiger partial charge in [-0.15, -0.1) is 10.2 Å². The van der Waals surface area contributed by atoms with Crippen LogP contribution >= 0.6 is 0 Å². The predicted molar refractivity (Wildman–Crippen MR) is 98.4 cm³/mol. The lowest BCUT2D eigenvalue weighted by Crippen LogP contribution is -2.42. The maximum atomic E-state index is 4.29. The molecule has 138 valence electrons. The summed E-state index contributed by atoms with van der Waals surface area (Å²) in [5.74, 6) is 1.77. The van der Waals surface area contributed by atoms with Gasteiger partial charge in [0.2, 0.25) is 0 Å². The van der Waals surface area contributed by atoms with Crippen LogP contribution in [0.5, 0.6) is 0 Å². The number of likely N-dealkylation sites (N-methyl/N-ethyl adjacent to an activating group) is 1. The van der Waals surface area contributed by atoms with E-state index in [-0.39, 0.29) is 6.04 Å². The number of nitrogens with one attached hydrogen (secondary N) is 2. The molecule has 25 heavy (non-hydrogen) atoms. The van der Waals surface area contributed by atoms with E-state index in [9.17, 15) is 0 Å². The van der Waals surface area contributed by atoms with Crippen LogP contribution < -0.4 is 10.6 Å². The number of guanidine groups is 1. The summed E-state index contributed by atoms with van der Waals surface area (Å²) in [5.41, 5.74) is 1.17. The van der Waals surface area contributed by atoms with Crippen LogP contribution in [0.1, 0.15) is 24.4 Å². The molecule has 2 rings (SSSR count). The van der Waals surface area contributed by atoms with E-state index in [2.05, 4.69) is 61.4 Å². The largest absolute Gasteiger partial charge is 0.355 e. The van der Waals surface area contributed by atoms with E-state index in [1.807, 2.05) is 24.1 Å². The SMILES string of the molecule is CCc1nncn1CCNC(=NC)NCC(c1cnn(C)c1)N(C)C. The lowest BCUT2D eigenvalue weighted by atomic mass is 10.1. The Morgan fingerprint density at radius 1 is 1.36 bits per heavy atom. The van der Waals surface area contributed by atoms with Gasteiger partial charge in [0.25, 0.3) is 0 Å². The second kappa shape index (κ2) is 9.16. The van der Waals surface area contributed by atoms with Crippen molar-refractivity contribution in [2.24, 2.45) is 12.0 Å². The Hall–Kier alpha value is -2.42. The maximum absolute atomic E-state index is 4.29. The predicted octanol–water partition coefficient (Wildman–Crippen LogP) is 0.0419. The minimum Gasteiger partial charge on any atom is -0.355 e. The summed E-state index contributed by atoms with van der Waals surface area (Å²) < 4.78 is 3.88. The van der Waals surface area contributed by atoms with Crippen molar-refractivity contribution < 1.29 is 0 Å². The highest BCUT2D eigenvalue weighted by Crippen LogP contribution is 2.15. The molecule has 0 fully saturated rings. The van der Waals surface area contributed by atoms with Crippen LogP contribution in [0, 0.1) is 0 Å². The van der Waals surface area contributed by atoms with E-state index in [4.69, 9.17) is 0 Å². The van der Waals surface area contributed by atoms with E-state index in [1.165, 1.54) is 5.56 Å². The number of nitrogens with zero attached hydrogens (tertiary/aromatic N) is 7. The molecule has 0 bridgehead atoms. The molecule has 0 saturated carbocycles. The highest BCUT2D eigenvalue weighted by molar-refractivity contribution is 5.79. The number of hydrogen-bond donors (Lipinski definition) is 2. The molecular formula is C16H29N9. The minimum absolute atomic E-state index is 0.219. The van der Waals surface area contributed by atoms with Crippen molar-refractivity contribution in [2.75, 3.05) is 34.2 Å². The molecule has 9 heteroatoms. The van der Waals surface area contributed by atoms with Crippen molar-refractivity contribution in [1.29, 1.82) is 0 Å². The normalized spacial score (nSPS) is 13.3. The Bertz CT molecular complexity index is 671. The zero-order valence-corrected chi connectivity index (χ0v) is 15.8. The molecule has 2 heterocycles. The fourth-order valence-electron chi connectivity index (χ4n) is 2.66. The van der Waals surface area contributed by atoms with Gasteiger partial charge < -0.3 is 20.1 Å². The van der Waals surface area contributed by atoms with E-state index < -0.39 is 0 Å². The van der Waals surface area contributed by atoms with Gasteiger partial charge in [-0.3, -0.25) is 9.67 Å². The number of aliphatic imine (C=N–C) groups is 1. The summed E-state index contributed by atoms with van der Waals surface area (Å²) in [6.07, 6.45) is 6.59. The van der Waals surface area contributed by atoms with Gasteiger partial charge in [-0.1, -0.05) is 6.92 Å². The van der Waals surface area contributed by atoms with Gasteiger partial charge in [0.1, 0.15) is 12.2 Å². The summed E-state index contributed by atoms with van der Waals surface area (Å²) in [7, 11) is 7.84. The minimum atomic E-state index is 0.219. The molecule has 0 aliphatic heterocycles. The van der Waals surface area contributed by atoms with Gasteiger partial charge >= 0.3 is 0 Å². The fraction of sp³-hybridized carbons (Fsp3) is 0.625. The summed E-state index contributed by atoms with van der Waals surface area (Å²) in [6, 6.07) is 0.219. The van der Waals surface area contributed by atoms with Crippen molar-refractivity contribution >= 4 is 5.96 Å². The molecule has 1 unspecified atom stereocenters. The lowest BCUT2D eigenvalue weighted by molar-refractivity contribution is 0.298. The smallest absolute Gasteiger partial charge is 0.191 e. The van der Waals surface area contributed by atoms with E-state index >= 15 is 0 Å². The van der Waals surface area contributed by atoms with Crippen LogP contribution in [-0.4, -0.2) is 69.6 Å². The first-order valence-corrected chi connectivity index (χ1v) is 8.51. The number of hydrogen-bond acceptors (Lipinski definition) is 5. The van der Waals surface area contributed by atoms with Crippen LogP contribution in [0.15, 0.2) is 23.7 Å². The molecule has 9 nitrogen and oxygen atoms in total. The van der Waals surface area contributed by atoms with Crippen molar-refractivity contribution in [3.05, 3.63) is 30.1 Å². The molecule has 0 saturated heterocycles. The summed E-state index contributed by atoms with van der Waals surface area (Å²) >= 11 is 0. The average molecular weight is 347 g/mol. The van der Waals surface area contributed by atoms with Gasteiger partial charge in [0.15, 0.2) is 5.96 Å². The Labute approximate surface area is 149 Å². The molecule has 0 spiro atoms. The van der Waals surface area contributed by atoms with E-state index in [1.54, 1.807) is 13.4 Å². The van der Waals surface area contributed by atoms with Crippen LogP contribution in [0.4, 0.5) is 0 Å². The van der Waals surface area contributed by atoms with Crippen molar-refractivity contribution in [3.8, 4) is 0 Å². The topological polar surface area (TPSA) is 88.2 Å². The highest BCUT2D eigenvalue weighted by Gasteiger charge is 2.16. The van der Waals surface area contributed by atoms with Gasteiger partial charge in [-0.05, 0) is 14.1 Å². The Morgan fingerprint density at radius 2 is 2.16 bits per heavy atom. The zero-order valence-electron chi connectivity index (χ0n) is 15.8. The molecule has 0 aliphatic rings. The Morgan fingerprint density at radius 3 is 2.76 bits per heavy atom. The maximum Gasteiger partial charge on any atom is 0.191 e. The van der Waals surface area contributed by atoms with Gasteiger partial charge in [-0.2, -0.15) is 5.10 Å². The first kappa shape index (κ1) is 18.9. The van der Waals surface area contributed by atoms with Crippen LogP contribution in [0.3, 0.4) is 0 Å². The van der Waals surface area contributed by atoms with Gasteiger partial charge in [0.05, 0.1) is 12.2 Å². The standard InChI is InChI=1S/C16H29N9/c1-6-15-22-20-12-25(15)8-7-18-16(17-2)19-10-14(23(3)4)13-9-21-24(5)11-13/h9,11-12,14H,6-8,10H2,1-5H3,(H2,17,18,19). The second-order valence-corrected chi connectivity index (χ2v) is 6.10. The third-order valence-electron chi connectivity index (χ3n) is 4.08. The van der Waals surface area contributed by atoms with Crippen molar-refractivity contribution in [2.45, 2.75) is 25.9 Å². The highest BCUT2D eigenvalue weighted by atomic mass is 15.3. The molecular weight excluding hydrogens is 318 g/mol. The molecule has 2 aromatic heterocycles. The first-order valence-electron chi connectivity index (χ1n) is 8.51. The van der Waals surface area contributed by atoms with E-state index in [0.717, 1.165) is 37.8 Å². The molecule has 2 N–H and O–H groups in total. The number of aryl methyl sites for hydroxylation is 2. The molecule has 1 atom stereocenters. The summed E-state index contributed by atoms with van der Waals surface area (Å²) in [6.45, 7) is 4.38. The van der Waals surface area contributed by atoms with E-state index in [0.29, 0.717) is 0 Å². The van der Waals surface area contributed by atoms with Crippen molar-refractivity contribution in [1.82, 2.24) is 40.1 Å². The fourth-order valence-corrected chi connectivity index (χ4v) is 2.66. The number of aromatic nitrogens is 5. The van der Waals surface area contributed by atoms with Crippen molar-refractivity contribution in [3.63, 3.8) is 0 Å². The zero-order chi connectivity index (χ0) is 18.2. The van der Waals surface area contributed by atoms with Crippen LogP contribution in [0.25, 0.3) is 0 Å². The second-order valence-electron chi connectivity index (χ2n) is 6.10. The van der Waals surface area contributed by atoms with Crippen LogP contribution in [0.2, 0.25) is 0 Å². The van der Waals surface area contributed by atoms with Gasteiger partial charge in [-0.25, -0.2) is 0 Å². The Kier molecular flexibility index (Phi) is 6.93. The summed E-state index contributed by atoms with van der Waals surface area (Å²) in [5, 5.41) is 19.0. The summed E-state index contributed by atoms with van der Waals surface area (Å²) in [4.78, 5) is 6.46. The van der Waals surface area contributed by atoms with Crippen LogP contribution in [-0.2, 0) is 20.0 Å². The number of rotatable bonds is 8. The Balaban J connectivity index is 1.84. The molecule has 0 aliphatic carbocycles. The molecule has 2 aromatic rings. The average Bonchev–Trinajstić information content (AvgIpc) is 3.21. The third-order valence-corrected chi connectivity index (χ3v) is 4.08. The monoisotopic (exact) mass is 347 g/mol. The third kappa shape index (κ3) is 5.28. The molecule has 0 amide bonds. The molecule has 0 aromatic carbocycles. The first-order chi connectivity index (χ1) is 12.0. The quantitative estimate of drug-likeness (QED) is 0.518. The van der Waals surface area contributed by atoms with Gasteiger partial charge in [0, 0.05) is 51.9 Å².